The maximum absolute atomic E-state index is 13.6. The smallest absolute Gasteiger partial charge is 0.411 e. The summed E-state index contributed by atoms with van der Waals surface area (Å²) in [7, 11) is 0. The molecule has 0 amide bonds. The summed E-state index contributed by atoms with van der Waals surface area (Å²) in [5.41, 5.74) is -9.36. The van der Waals surface area contributed by atoms with Crippen LogP contribution in [0.3, 0.4) is 0 Å². The zero-order chi connectivity index (χ0) is 20.9. The molecule has 0 bridgehead atoms. The lowest BCUT2D eigenvalue weighted by molar-refractivity contribution is -0.468. The van der Waals surface area contributed by atoms with Gasteiger partial charge < -0.3 is 4.74 Å². The van der Waals surface area contributed by atoms with E-state index in [1.54, 1.807) is 0 Å². The van der Waals surface area contributed by atoms with Crippen LogP contribution >= 0.6 is 0 Å². The topological polar surface area (TPSA) is 26.3 Å². The summed E-state index contributed by atoms with van der Waals surface area (Å²) in [6.07, 6.45) is -22.9. The van der Waals surface area contributed by atoms with E-state index < -0.39 is 47.5 Å². The van der Waals surface area contributed by atoms with E-state index in [2.05, 4.69) is 11.3 Å². The van der Waals surface area contributed by atoms with Gasteiger partial charge in [-0.05, 0) is 6.92 Å². The lowest BCUT2D eigenvalue weighted by atomic mass is 9.89. The number of alkyl halides is 13. The van der Waals surface area contributed by atoms with Gasteiger partial charge in [0.05, 0.1) is 0 Å². The van der Waals surface area contributed by atoms with Crippen molar-refractivity contribution in [2.24, 2.45) is 0 Å². The van der Waals surface area contributed by atoms with Crippen molar-refractivity contribution < 1.29 is 66.6 Å². The van der Waals surface area contributed by atoms with Crippen LogP contribution in [0.4, 0.5) is 57.1 Å². The first-order valence-electron chi connectivity index (χ1n) is 5.42. The molecule has 15 heteroatoms. The van der Waals surface area contributed by atoms with Crippen LogP contribution in [0.15, 0.2) is 12.2 Å². The Morgan fingerprint density at radius 1 is 0.720 bits per heavy atom. The van der Waals surface area contributed by atoms with Gasteiger partial charge in [0, 0.05) is 5.57 Å². The van der Waals surface area contributed by atoms with E-state index in [1.165, 1.54) is 0 Å². The SMILES string of the molecule is C=C(C)C(=O)OC(F)(C(F)(F)F)C(F)(F)C(F)(C(F)(F)F)C(F)(F)F. The number of halogens is 13. The van der Waals surface area contributed by atoms with Gasteiger partial charge in [-0.2, -0.15) is 52.7 Å². The standard InChI is InChI=1S/C10H5F13O2/c1-3(2)4(24)25-7(14,10(21,22)23)6(12,13)5(11,8(15,16)17)9(18,19)20/h1H2,2H3. The third-order valence-electron chi connectivity index (χ3n) is 2.56. The average Bonchev–Trinajstić information content (AvgIpc) is 2.32. The van der Waals surface area contributed by atoms with Gasteiger partial charge in [-0.25, -0.2) is 9.18 Å². The molecule has 2 nitrogen and oxygen atoms in total. The fourth-order valence-corrected chi connectivity index (χ4v) is 1.25. The van der Waals surface area contributed by atoms with Crippen LogP contribution in [0.1, 0.15) is 6.92 Å². The summed E-state index contributed by atoms with van der Waals surface area (Å²) >= 11 is 0. The normalized spacial score (nSPS) is 17.0. The molecule has 0 N–H and O–H groups in total. The van der Waals surface area contributed by atoms with Crippen molar-refractivity contribution in [1.82, 2.24) is 0 Å². The van der Waals surface area contributed by atoms with Crippen molar-refractivity contribution in [3.8, 4) is 0 Å². The predicted molar refractivity (Wildman–Crippen MR) is 51.7 cm³/mol. The van der Waals surface area contributed by atoms with Crippen LogP contribution in [0.5, 0.6) is 0 Å². The molecule has 0 fully saturated rings. The molecule has 1 atom stereocenters. The van der Waals surface area contributed by atoms with Crippen molar-refractivity contribution in [2.45, 2.75) is 42.9 Å². The minimum Gasteiger partial charge on any atom is -0.411 e. The van der Waals surface area contributed by atoms with Crippen LogP contribution in [0.2, 0.25) is 0 Å². The summed E-state index contributed by atoms with van der Waals surface area (Å²) in [6.45, 7) is 2.87. The van der Waals surface area contributed by atoms with Gasteiger partial charge in [0.2, 0.25) is 0 Å². The Kier molecular flexibility index (Phi) is 5.53. The number of carbonyl (C=O) groups is 1. The fraction of sp³-hybridized carbons (Fsp3) is 0.700. The van der Waals surface area contributed by atoms with Gasteiger partial charge in [0.15, 0.2) is 0 Å². The number of hydrogen-bond acceptors (Lipinski definition) is 2. The second-order valence-corrected chi connectivity index (χ2v) is 4.49. The highest BCUT2D eigenvalue weighted by molar-refractivity contribution is 5.87. The molecule has 0 aliphatic rings. The number of ether oxygens (including phenoxy) is 1. The first-order chi connectivity index (χ1) is 10.6. The van der Waals surface area contributed by atoms with Crippen LogP contribution < -0.4 is 0 Å². The number of rotatable bonds is 4. The van der Waals surface area contributed by atoms with Crippen LogP contribution in [-0.2, 0) is 9.53 Å². The van der Waals surface area contributed by atoms with Crippen LogP contribution in [0, 0.1) is 0 Å². The quantitative estimate of drug-likeness (QED) is 0.382. The minimum absolute atomic E-state index is 0.396. The Balaban J connectivity index is 6.79. The molecule has 0 radical (unpaired) electrons. The number of hydrogen-bond donors (Lipinski definition) is 0. The Morgan fingerprint density at radius 2 is 1.04 bits per heavy atom. The molecule has 0 saturated carbocycles. The van der Waals surface area contributed by atoms with E-state index in [0.29, 0.717) is 6.92 Å². The molecule has 0 aromatic rings. The van der Waals surface area contributed by atoms with Crippen molar-refractivity contribution in [3.63, 3.8) is 0 Å². The van der Waals surface area contributed by atoms with Gasteiger partial charge in [0.1, 0.15) is 0 Å². The molecule has 0 aliphatic carbocycles. The van der Waals surface area contributed by atoms with Gasteiger partial charge in [-0.3, -0.25) is 0 Å². The molecular formula is C10H5F13O2. The second kappa shape index (κ2) is 5.93. The molecule has 0 heterocycles. The van der Waals surface area contributed by atoms with Gasteiger partial charge in [-0.1, -0.05) is 6.58 Å². The van der Waals surface area contributed by atoms with E-state index in [0.717, 1.165) is 0 Å². The van der Waals surface area contributed by atoms with E-state index >= 15 is 0 Å². The largest absolute Gasteiger partial charge is 0.467 e. The highest BCUT2D eigenvalue weighted by Gasteiger charge is 2.94. The monoisotopic (exact) mass is 404 g/mol. The van der Waals surface area contributed by atoms with Crippen molar-refractivity contribution >= 4 is 5.97 Å². The van der Waals surface area contributed by atoms with Crippen molar-refractivity contribution in [2.75, 3.05) is 0 Å². The fourth-order valence-electron chi connectivity index (χ4n) is 1.25. The van der Waals surface area contributed by atoms with Crippen molar-refractivity contribution in [1.29, 1.82) is 0 Å². The summed E-state index contributed by atoms with van der Waals surface area (Å²) in [5.74, 6) is -18.1. The zero-order valence-electron chi connectivity index (χ0n) is 11.4. The van der Waals surface area contributed by atoms with Gasteiger partial charge in [0.25, 0.3) is 0 Å². The maximum Gasteiger partial charge on any atom is 0.467 e. The Hall–Kier alpha value is -1.70. The Bertz CT molecular complexity index is 526. The van der Waals surface area contributed by atoms with Gasteiger partial charge in [-0.15, -0.1) is 0 Å². The van der Waals surface area contributed by atoms with E-state index in [1.807, 2.05) is 0 Å². The lowest BCUT2D eigenvalue weighted by Gasteiger charge is -2.42. The van der Waals surface area contributed by atoms with Crippen LogP contribution in [-0.4, -0.2) is 41.9 Å². The number of carbonyl (C=O) groups excluding carboxylic acids is 1. The molecule has 1 unspecified atom stereocenters. The van der Waals surface area contributed by atoms with E-state index in [-0.39, 0.29) is 0 Å². The average molecular weight is 404 g/mol. The summed E-state index contributed by atoms with van der Waals surface area (Å²) < 4.78 is 167. The zero-order valence-corrected chi connectivity index (χ0v) is 11.4. The molecule has 0 aromatic carbocycles. The van der Waals surface area contributed by atoms with E-state index in [4.69, 9.17) is 0 Å². The van der Waals surface area contributed by atoms with Crippen molar-refractivity contribution in [3.05, 3.63) is 12.2 Å². The minimum atomic E-state index is -8.05. The molecule has 0 rings (SSSR count). The Labute approximate surface area is 129 Å². The number of esters is 1. The third kappa shape index (κ3) is 3.36. The first-order valence-corrected chi connectivity index (χ1v) is 5.42. The molecule has 25 heavy (non-hydrogen) atoms. The second-order valence-electron chi connectivity index (χ2n) is 4.49. The molecule has 148 valence electrons. The molecule has 0 saturated heterocycles. The van der Waals surface area contributed by atoms with Gasteiger partial charge >= 0.3 is 41.9 Å². The van der Waals surface area contributed by atoms with E-state index in [9.17, 15) is 61.9 Å². The molecule has 0 aromatic heterocycles. The predicted octanol–water partition coefficient (Wildman–Crippen LogP) is 4.80. The highest BCUT2D eigenvalue weighted by Crippen LogP contribution is 2.62. The maximum atomic E-state index is 13.6. The lowest BCUT2D eigenvalue weighted by Crippen LogP contribution is -2.75. The summed E-state index contributed by atoms with van der Waals surface area (Å²) in [4.78, 5) is 10.8. The molecular weight excluding hydrogens is 399 g/mol. The van der Waals surface area contributed by atoms with Crippen LogP contribution in [0.25, 0.3) is 0 Å². The first kappa shape index (κ1) is 23.3. The summed E-state index contributed by atoms with van der Waals surface area (Å²) in [5, 5.41) is 0. The highest BCUT2D eigenvalue weighted by atomic mass is 19.4. The Morgan fingerprint density at radius 3 is 1.24 bits per heavy atom. The molecule has 0 aliphatic heterocycles. The molecule has 0 spiro atoms. The third-order valence-corrected chi connectivity index (χ3v) is 2.56. The summed E-state index contributed by atoms with van der Waals surface area (Å²) in [6, 6.07) is 0.